The molecular weight excluding hydrogens is 196 g/mol. The molecule has 1 atom stereocenters. The molecule has 1 unspecified atom stereocenters. The van der Waals surface area contributed by atoms with E-state index in [1.807, 2.05) is 0 Å². The van der Waals surface area contributed by atoms with E-state index in [2.05, 4.69) is 18.9 Å². The van der Waals surface area contributed by atoms with Gasteiger partial charge in [0.05, 0.1) is 0 Å². The van der Waals surface area contributed by atoms with Crippen LogP contribution in [0.15, 0.2) is 0 Å². The molecule has 2 nitrogen and oxygen atoms in total. The maximum Gasteiger partial charge on any atom is 0.00922 e. The molecule has 1 rings (SSSR count). The van der Waals surface area contributed by atoms with Gasteiger partial charge >= 0.3 is 0 Å². The fraction of sp³-hybridized carbons (Fsp3) is 1.00. The van der Waals surface area contributed by atoms with Crippen LogP contribution >= 0.6 is 0 Å². The van der Waals surface area contributed by atoms with Crippen molar-refractivity contribution >= 4 is 0 Å². The highest BCUT2D eigenvalue weighted by Crippen LogP contribution is 2.21. The molecule has 0 bridgehead atoms. The Hall–Kier alpha value is -0.0800. The monoisotopic (exact) mass is 226 g/mol. The van der Waals surface area contributed by atoms with Crippen LogP contribution in [-0.2, 0) is 0 Å². The molecule has 0 aromatic heterocycles. The van der Waals surface area contributed by atoms with Crippen molar-refractivity contribution in [3.8, 4) is 0 Å². The zero-order chi connectivity index (χ0) is 11.8. The van der Waals surface area contributed by atoms with Gasteiger partial charge in [0.1, 0.15) is 0 Å². The summed E-state index contributed by atoms with van der Waals surface area (Å²) in [5.74, 6) is 0. The summed E-state index contributed by atoms with van der Waals surface area (Å²) in [5.41, 5.74) is 6.07. The van der Waals surface area contributed by atoms with Gasteiger partial charge < -0.3 is 10.6 Å². The highest BCUT2D eigenvalue weighted by atomic mass is 15.1. The quantitative estimate of drug-likeness (QED) is 0.705. The molecule has 16 heavy (non-hydrogen) atoms. The lowest BCUT2D eigenvalue weighted by molar-refractivity contribution is 0.212. The predicted octanol–water partition coefficient (Wildman–Crippen LogP) is 3.16. The minimum Gasteiger partial charge on any atom is -0.328 e. The lowest BCUT2D eigenvalue weighted by Gasteiger charge is -2.28. The lowest BCUT2D eigenvalue weighted by atomic mass is 10.1. The van der Waals surface area contributed by atoms with Crippen LogP contribution < -0.4 is 5.73 Å². The molecule has 0 spiro atoms. The van der Waals surface area contributed by atoms with Crippen LogP contribution in [-0.4, -0.2) is 30.6 Å². The average Bonchev–Trinajstić information content (AvgIpc) is 2.55. The molecule has 96 valence electrons. The molecule has 0 aromatic rings. The molecule has 2 N–H and O–H groups in total. The van der Waals surface area contributed by atoms with E-state index in [0.29, 0.717) is 6.04 Å². The normalized spacial score (nSPS) is 21.0. The topological polar surface area (TPSA) is 29.3 Å². The highest BCUT2D eigenvalue weighted by molar-refractivity contribution is 4.73. The summed E-state index contributed by atoms with van der Waals surface area (Å²) in [6.45, 7) is 3.40. The molecule has 1 fully saturated rings. The van der Waals surface area contributed by atoms with Crippen molar-refractivity contribution in [3.05, 3.63) is 0 Å². The highest BCUT2D eigenvalue weighted by Gasteiger charge is 2.16. The lowest BCUT2D eigenvalue weighted by Crippen LogP contribution is -2.35. The van der Waals surface area contributed by atoms with Crippen molar-refractivity contribution < 1.29 is 0 Å². The second-order valence-electron chi connectivity index (χ2n) is 5.46. The molecule has 0 saturated heterocycles. The maximum absolute atomic E-state index is 6.07. The van der Waals surface area contributed by atoms with Crippen molar-refractivity contribution in [2.45, 2.75) is 76.8 Å². The van der Waals surface area contributed by atoms with Crippen molar-refractivity contribution in [3.63, 3.8) is 0 Å². The second-order valence-corrected chi connectivity index (χ2v) is 5.46. The van der Waals surface area contributed by atoms with Gasteiger partial charge in [-0.25, -0.2) is 0 Å². The zero-order valence-corrected chi connectivity index (χ0v) is 11.3. The minimum atomic E-state index is 0.415. The first-order chi connectivity index (χ1) is 7.74. The average molecular weight is 226 g/mol. The third-order valence-electron chi connectivity index (χ3n) is 3.96. The van der Waals surface area contributed by atoms with Crippen LogP contribution in [0.2, 0.25) is 0 Å². The molecular formula is C14H30N2. The van der Waals surface area contributed by atoms with E-state index in [1.165, 1.54) is 64.3 Å². The summed E-state index contributed by atoms with van der Waals surface area (Å²) in [6.07, 6.45) is 12.1. The molecule has 0 aliphatic heterocycles. The van der Waals surface area contributed by atoms with Gasteiger partial charge in [0, 0.05) is 12.1 Å². The Kier molecular flexibility index (Phi) is 7.06. The van der Waals surface area contributed by atoms with Crippen molar-refractivity contribution in [1.29, 1.82) is 0 Å². The Morgan fingerprint density at radius 3 is 2.31 bits per heavy atom. The molecule has 1 saturated carbocycles. The van der Waals surface area contributed by atoms with Crippen LogP contribution in [0.25, 0.3) is 0 Å². The van der Waals surface area contributed by atoms with E-state index in [1.54, 1.807) is 0 Å². The number of hydrogen-bond acceptors (Lipinski definition) is 2. The van der Waals surface area contributed by atoms with Crippen molar-refractivity contribution in [2.75, 3.05) is 13.6 Å². The summed E-state index contributed by atoms with van der Waals surface area (Å²) in [6, 6.07) is 1.24. The Labute approximate surface area is 102 Å². The summed E-state index contributed by atoms with van der Waals surface area (Å²) >= 11 is 0. The van der Waals surface area contributed by atoms with Gasteiger partial charge in [0.2, 0.25) is 0 Å². The molecule has 0 amide bonds. The van der Waals surface area contributed by atoms with Gasteiger partial charge in [-0.05, 0) is 39.3 Å². The fourth-order valence-corrected chi connectivity index (χ4v) is 2.77. The minimum absolute atomic E-state index is 0.415. The first-order valence-electron chi connectivity index (χ1n) is 7.20. The van der Waals surface area contributed by atoms with Crippen LogP contribution in [0.5, 0.6) is 0 Å². The van der Waals surface area contributed by atoms with E-state index >= 15 is 0 Å². The summed E-state index contributed by atoms with van der Waals surface area (Å²) in [4.78, 5) is 2.56. The molecule has 1 aliphatic carbocycles. The summed E-state index contributed by atoms with van der Waals surface area (Å²) < 4.78 is 0. The SMILES string of the molecule is CCCC(N)CCN(C)C1CCCCCC1. The zero-order valence-electron chi connectivity index (χ0n) is 11.3. The molecule has 0 radical (unpaired) electrons. The Morgan fingerprint density at radius 2 is 1.75 bits per heavy atom. The van der Waals surface area contributed by atoms with Crippen molar-refractivity contribution in [2.24, 2.45) is 5.73 Å². The van der Waals surface area contributed by atoms with E-state index in [-0.39, 0.29) is 0 Å². The Morgan fingerprint density at radius 1 is 1.12 bits per heavy atom. The van der Waals surface area contributed by atoms with E-state index in [4.69, 9.17) is 5.73 Å². The third kappa shape index (κ3) is 5.31. The number of nitrogens with zero attached hydrogens (tertiary/aromatic N) is 1. The smallest absolute Gasteiger partial charge is 0.00922 e. The van der Waals surface area contributed by atoms with Gasteiger partial charge in [0.25, 0.3) is 0 Å². The Bertz CT molecular complexity index is 162. The second kappa shape index (κ2) is 8.08. The van der Waals surface area contributed by atoms with Gasteiger partial charge in [-0.15, -0.1) is 0 Å². The van der Waals surface area contributed by atoms with E-state index in [0.717, 1.165) is 6.04 Å². The number of nitrogens with two attached hydrogens (primary N) is 1. The van der Waals surface area contributed by atoms with Gasteiger partial charge in [-0.1, -0.05) is 39.0 Å². The molecule has 0 heterocycles. The first-order valence-corrected chi connectivity index (χ1v) is 7.20. The van der Waals surface area contributed by atoms with E-state index in [9.17, 15) is 0 Å². The largest absolute Gasteiger partial charge is 0.328 e. The summed E-state index contributed by atoms with van der Waals surface area (Å²) in [7, 11) is 2.29. The number of rotatable bonds is 6. The van der Waals surface area contributed by atoms with Gasteiger partial charge in [-0.3, -0.25) is 0 Å². The van der Waals surface area contributed by atoms with Gasteiger partial charge in [-0.2, -0.15) is 0 Å². The standard InChI is InChI=1S/C14H30N2/c1-3-8-13(15)11-12-16(2)14-9-6-4-5-7-10-14/h13-14H,3-12,15H2,1-2H3. The molecule has 1 aliphatic rings. The predicted molar refractivity (Wildman–Crippen MR) is 71.6 cm³/mol. The molecule has 2 heteroatoms. The maximum atomic E-state index is 6.07. The van der Waals surface area contributed by atoms with Crippen LogP contribution in [0.1, 0.15) is 64.7 Å². The fourth-order valence-electron chi connectivity index (χ4n) is 2.77. The summed E-state index contributed by atoms with van der Waals surface area (Å²) in [5, 5.41) is 0. The van der Waals surface area contributed by atoms with Crippen LogP contribution in [0.3, 0.4) is 0 Å². The van der Waals surface area contributed by atoms with Crippen molar-refractivity contribution in [1.82, 2.24) is 4.90 Å². The third-order valence-corrected chi connectivity index (χ3v) is 3.96. The number of hydrogen-bond donors (Lipinski definition) is 1. The molecule has 0 aromatic carbocycles. The van der Waals surface area contributed by atoms with E-state index < -0.39 is 0 Å². The van der Waals surface area contributed by atoms with Gasteiger partial charge in [0.15, 0.2) is 0 Å². The van der Waals surface area contributed by atoms with Crippen LogP contribution in [0.4, 0.5) is 0 Å². The Balaban J connectivity index is 2.19. The van der Waals surface area contributed by atoms with Crippen LogP contribution in [0, 0.1) is 0 Å². The first kappa shape index (κ1) is 14.0.